The van der Waals surface area contributed by atoms with Crippen LogP contribution in [0.15, 0.2) is 53.4 Å². The van der Waals surface area contributed by atoms with E-state index in [4.69, 9.17) is 4.74 Å². The highest BCUT2D eigenvalue weighted by molar-refractivity contribution is 7.89. The highest BCUT2D eigenvalue weighted by atomic mass is 32.2. The Morgan fingerprint density at radius 3 is 2.34 bits per heavy atom. The summed E-state index contributed by atoms with van der Waals surface area (Å²) >= 11 is 0. The van der Waals surface area contributed by atoms with E-state index < -0.39 is 26.7 Å². The first-order valence-electron chi connectivity index (χ1n) is 11.4. The van der Waals surface area contributed by atoms with Crippen LogP contribution in [0.3, 0.4) is 0 Å². The summed E-state index contributed by atoms with van der Waals surface area (Å²) in [6.07, 6.45) is 2.75. The lowest BCUT2D eigenvalue weighted by Gasteiger charge is -2.25. The van der Waals surface area contributed by atoms with Crippen LogP contribution in [-0.4, -0.2) is 52.8 Å². The number of hydrogen-bond donors (Lipinski definition) is 1. The number of ether oxygens (including phenoxy) is 1. The van der Waals surface area contributed by atoms with Crippen LogP contribution in [0.5, 0.6) is 5.75 Å². The van der Waals surface area contributed by atoms with Crippen molar-refractivity contribution in [2.75, 3.05) is 25.5 Å². The lowest BCUT2D eigenvalue weighted by Crippen LogP contribution is -2.35. The number of anilines is 1. The predicted molar refractivity (Wildman–Crippen MR) is 133 cm³/mol. The number of aromatic nitrogens is 2. The van der Waals surface area contributed by atoms with Crippen molar-refractivity contribution >= 4 is 32.5 Å². The molecule has 9 nitrogen and oxygen atoms in total. The van der Waals surface area contributed by atoms with E-state index in [-0.39, 0.29) is 4.90 Å². The molecule has 1 fully saturated rings. The van der Waals surface area contributed by atoms with Gasteiger partial charge < -0.3 is 10.1 Å². The summed E-state index contributed by atoms with van der Waals surface area (Å²) in [6, 6.07) is 13.2. The Morgan fingerprint density at radius 2 is 1.69 bits per heavy atom. The van der Waals surface area contributed by atoms with Gasteiger partial charge in [0.1, 0.15) is 11.6 Å². The van der Waals surface area contributed by atoms with Crippen molar-refractivity contribution in [1.82, 2.24) is 14.1 Å². The molecule has 5 rings (SSSR count). The first-order valence-corrected chi connectivity index (χ1v) is 14.3. The number of amides is 1. The molecule has 0 radical (unpaired) electrons. The Labute approximate surface area is 206 Å². The number of fused-ring (bicyclic) bond motifs is 1. The zero-order valence-corrected chi connectivity index (χ0v) is 20.9. The van der Waals surface area contributed by atoms with Crippen molar-refractivity contribution in [1.29, 1.82) is 0 Å². The predicted octanol–water partition coefficient (Wildman–Crippen LogP) is 3.07. The number of nitrogens with zero attached hydrogens (tertiary/aromatic N) is 3. The van der Waals surface area contributed by atoms with Gasteiger partial charge in [0.15, 0.2) is 0 Å². The molecule has 2 aromatic carbocycles. The van der Waals surface area contributed by atoms with E-state index in [2.05, 4.69) is 10.4 Å². The topological polar surface area (TPSA) is 111 Å². The largest absolute Gasteiger partial charge is 0.497 e. The average molecular weight is 515 g/mol. The summed E-state index contributed by atoms with van der Waals surface area (Å²) in [6.45, 7) is 1.04. The standard InChI is InChI=1S/C24H26N4O5S2/c1-33-19-9-7-18(8-10-19)28-23(21-15-34(30)16-22(21)26-28)25-24(29)17-5-11-20(12-6-17)35(31,32)27-13-3-2-4-14-27/h5-12H,2-4,13-16H2,1H3,(H,25,29). The summed E-state index contributed by atoms with van der Waals surface area (Å²) in [5.41, 5.74) is 2.48. The summed E-state index contributed by atoms with van der Waals surface area (Å²) in [4.78, 5) is 13.3. The summed E-state index contributed by atoms with van der Waals surface area (Å²) < 4.78 is 46.3. The van der Waals surface area contributed by atoms with Crippen LogP contribution < -0.4 is 10.1 Å². The summed E-state index contributed by atoms with van der Waals surface area (Å²) in [5.74, 6) is 1.41. The number of carbonyl (C=O) groups excluding carboxylic acids is 1. The fourth-order valence-corrected chi connectivity index (χ4v) is 7.16. The van der Waals surface area contributed by atoms with Gasteiger partial charge in [-0.1, -0.05) is 6.42 Å². The van der Waals surface area contributed by atoms with Crippen molar-refractivity contribution in [3.05, 3.63) is 65.4 Å². The molecule has 2 aliphatic heterocycles. The molecule has 2 aliphatic rings. The third-order valence-electron chi connectivity index (χ3n) is 6.29. The van der Waals surface area contributed by atoms with E-state index in [1.807, 2.05) is 12.1 Å². The first kappa shape index (κ1) is 23.7. The maximum atomic E-state index is 13.1. The van der Waals surface area contributed by atoms with Crippen molar-refractivity contribution in [2.45, 2.75) is 35.7 Å². The minimum Gasteiger partial charge on any atom is -0.497 e. The molecule has 184 valence electrons. The maximum Gasteiger partial charge on any atom is 0.256 e. The number of carbonyl (C=O) groups is 1. The van der Waals surface area contributed by atoms with Gasteiger partial charge in [-0.05, 0) is 61.4 Å². The van der Waals surface area contributed by atoms with Gasteiger partial charge in [-0.3, -0.25) is 9.00 Å². The highest BCUT2D eigenvalue weighted by Gasteiger charge is 2.29. The molecular weight excluding hydrogens is 488 g/mol. The number of nitrogens with one attached hydrogen (secondary N) is 1. The lowest BCUT2D eigenvalue weighted by molar-refractivity contribution is 0.102. The van der Waals surface area contributed by atoms with Gasteiger partial charge >= 0.3 is 0 Å². The lowest BCUT2D eigenvalue weighted by atomic mass is 10.2. The first-order chi connectivity index (χ1) is 16.9. The Balaban J connectivity index is 1.41. The quantitative estimate of drug-likeness (QED) is 0.541. The van der Waals surface area contributed by atoms with Gasteiger partial charge in [0.25, 0.3) is 5.91 Å². The molecule has 1 unspecified atom stereocenters. The van der Waals surface area contributed by atoms with Crippen LogP contribution in [0.1, 0.15) is 40.9 Å². The van der Waals surface area contributed by atoms with Crippen molar-refractivity contribution in [3.8, 4) is 11.4 Å². The molecule has 0 saturated carbocycles. The fourth-order valence-electron chi connectivity index (χ4n) is 4.38. The van der Waals surface area contributed by atoms with Gasteiger partial charge in [-0.15, -0.1) is 0 Å². The second-order valence-corrected chi connectivity index (χ2v) is 12.0. The smallest absolute Gasteiger partial charge is 0.256 e. The van der Waals surface area contributed by atoms with Crippen LogP contribution in [0, 0.1) is 0 Å². The van der Waals surface area contributed by atoms with E-state index in [1.165, 1.54) is 28.6 Å². The van der Waals surface area contributed by atoms with Crippen LogP contribution in [0.4, 0.5) is 5.82 Å². The van der Waals surface area contributed by atoms with E-state index in [0.717, 1.165) is 30.5 Å². The van der Waals surface area contributed by atoms with Gasteiger partial charge in [0.05, 0.1) is 34.9 Å². The molecule has 0 bridgehead atoms. The van der Waals surface area contributed by atoms with E-state index >= 15 is 0 Å². The molecular formula is C24H26N4O5S2. The third-order valence-corrected chi connectivity index (χ3v) is 9.41. The van der Waals surface area contributed by atoms with E-state index in [1.54, 1.807) is 23.9 Å². The summed E-state index contributed by atoms with van der Waals surface area (Å²) in [5, 5.41) is 7.51. The van der Waals surface area contributed by atoms with Crippen molar-refractivity contribution < 1.29 is 22.2 Å². The summed E-state index contributed by atoms with van der Waals surface area (Å²) in [7, 11) is -3.05. The zero-order chi connectivity index (χ0) is 24.6. The minimum atomic E-state index is -3.57. The molecule has 3 aromatic rings. The molecule has 0 aliphatic carbocycles. The van der Waals surface area contributed by atoms with Crippen LogP contribution >= 0.6 is 0 Å². The minimum absolute atomic E-state index is 0.176. The number of rotatable bonds is 6. The maximum absolute atomic E-state index is 13.1. The molecule has 1 N–H and O–H groups in total. The second-order valence-electron chi connectivity index (χ2n) is 8.56. The molecule has 1 aromatic heterocycles. The number of benzene rings is 2. The van der Waals surface area contributed by atoms with Crippen LogP contribution in [-0.2, 0) is 32.3 Å². The van der Waals surface area contributed by atoms with Crippen molar-refractivity contribution in [2.24, 2.45) is 0 Å². The number of hydrogen-bond acceptors (Lipinski definition) is 6. The van der Waals surface area contributed by atoms with Gasteiger partial charge in [-0.25, -0.2) is 13.1 Å². The van der Waals surface area contributed by atoms with Crippen molar-refractivity contribution in [3.63, 3.8) is 0 Å². The molecule has 1 atom stereocenters. The highest BCUT2D eigenvalue weighted by Crippen LogP contribution is 2.32. The Morgan fingerprint density at radius 1 is 1.00 bits per heavy atom. The Kier molecular flexibility index (Phi) is 6.47. The Hall–Kier alpha value is -3.02. The molecule has 11 heteroatoms. The van der Waals surface area contributed by atoms with Gasteiger partial charge in [-0.2, -0.15) is 9.40 Å². The molecule has 0 spiro atoms. The third kappa shape index (κ3) is 4.63. The molecule has 35 heavy (non-hydrogen) atoms. The van der Waals surface area contributed by atoms with Crippen LogP contribution in [0.2, 0.25) is 0 Å². The normalized spacial score (nSPS) is 18.3. The monoisotopic (exact) mass is 514 g/mol. The molecule has 3 heterocycles. The second kappa shape index (κ2) is 9.56. The van der Waals surface area contributed by atoms with E-state index in [9.17, 15) is 17.4 Å². The van der Waals surface area contributed by atoms with Gasteiger partial charge in [0, 0.05) is 35.0 Å². The fraction of sp³-hybridized carbons (Fsp3) is 0.333. The molecule has 1 amide bonds. The SMILES string of the molecule is COc1ccc(-n2nc3c(c2NC(=O)c2ccc(S(=O)(=O)N4CCCCC4)cc2)CS(=O)C3)cc1. The Bertz CT molecular complexity index is 1380. The molecule has 1 saturated heterocycles. The number of sulfonamides is 1. The van der Waals surface area contributed by atoms with E-state index in [0.29, 0.717) is 47.4 Å². The van der Waals surface area contributed by atoms with Crippen LogP contribution in [0.25, 0.3) is 5.69 Å². The number of piperidine rings is 1. The zero-order valence-electron chi connectivity index (χ0n) is 19.3. The average Bonchev–Trinajstić information content (AvgIpc) is 3.41. The van der Waals surface area contributed by atoms with Gasteiger partial charge in [0.2, 0.25) is 10.0 Å². The number of methoxy groups -OCH3 is 1.